The number of benzene rings is 2. The lowest BCUT2D eigenvalue weighted by Crippen LogP contribution is -2.50. The van der Waals surface area contributed by atoms with Crippen molar-refractivity contribution >= 4 is 12.1 Å². The van der Waals surface area contributed by atoms with Crippen LogP contribution in [0.15, 0.2) is 77.9 Å². The standard InChI is InChI=1S/C37H48O7/c1-26-13-19-34(43-23-28-10-8-7-9-11-28)36(3,31(26)21-38)20-32(44-25-40-5)35-27(2)12-18-33(39)37(35,4)24-42-22-29-14-16-30(41-6)17-15-29/h7-11,14-17,21,31-32,34H,1,12-13,18-20,22-25H2,2-6H3/t31-,32+,34+,36+,37+/m1/s1. The van der Waals surface area contributed by atoms with Gasteiger partial charge in [0.1, 0.15) is 24.6 Å². The van der Waals surface area contributed by atoms with E-state index in [1.54, 1.807) is 14.2 Å². The third kappa shape index (κ3) is 7.57. The number of allylic oxidation sites excluding steroid dienone is 2. The summed E-state index contributed by atoms with van der Waals surface area (Å²) in [5.74, 6) is 0.491. The molecule has 238 valence electrons. The molecule has 0 heterocycles. The summed E-state index contributed by atoms with van der Waals surface area (Å²) in [6.07, 6.45) is 3.35. The minimum absolute atomic E-state index is 0.0523. The average Bonchev–Trinajstić information content (AvgIpc) is 3.02. The van der Waals surface area contributed by atoms with Gasteiger partial charge in [-0.05, 0) is 68.4 Å². The average molecular weight is 605 g/mol. The molecule has 0 aromatic heterocycles. The van der Waals surface area contributed by atoms with Crippen LogP contribution in [0.1, 0.15) is 64.0 Å². The zero-order valence-electron chi connectivity index (χ0n) is 26.9. The van der Waals surface area contributed by atoms with Crippen LogP contribution in [0.3, 0.4) is 0 Å². The van der Waals surface area contributed by atoms with Gasteiger partial charge in [-0.25, -0.2) is 0 Å². The van der Waals surface area contributed by atoms with E-state index in [4.69, 9.17) is 23.7 Å². The van der Waals surface area contributed by atoms with Crippen LogP contribution in [-0.4, -0.2) is 51.9 Å². The molecule has 2 aromatic rings. The fourth-order valence-corrected chi connectivity index (χ4v) is 7.03. The molecule has 0 unspecified atom stereocenters. The number of methoxy groups -OCH3 is 2. The van der Waals surface area contributed by atoms with Crippen LogP contribution in [0.2, 0.25) is 0 Å². The SMILES string of the molecule is C=C1CC[C@H](OCc2ccccc2)[C@@](C)(C[C@H](OCOC)C2=C(C)CCC(=O)[C@]2(C)COCc2ccc(OC)cc2)[C@@H]1C=O. The van der Waals surface area contributed by atoms with Gasteiger partial charge in [-0.3, -0.25) is 4.79 Å². The molecule has 0 bridgehead atoms. The van der Waals surface area contributed by atoms with Crippen LogP contribution in [0, 0.1) is 16.7 Å². The summed E-state index contributed by atoms with van der Waals surface area (Å²) < 4.78 is 29.9. The Hall–Kier alpha value is -3.10. The van der Waals surface area contributed by atoms with Crippen molar-refractivity contribution in [1.82, 2.24) is 0 Å². The summed E-state index contributed by atoms with van der Waals surface area (Å²) in [7, 11) is 3.23. The van der Waals surface area contributed by atoms with Crippen LogP contribution in [0.4, 0.5) is 0 Å². The highest BCUT2D eigenvalue weighted by molar-refractivity contribution is 5.89. The van der Waals surface area contributed by atoms with E-state index in [0.29, 0.717) is 32.5 Å². The second kappa shape index (κ2) is 15.3. The monoisotopic (exact) mass is 604 g/mol. The summed E-state index contributed by atoms with van der Waals surface area (Å²) in [6.45, 7) is 11.5. The lowest BCUT2D eigenvalue weighted by atomic mass is 9.59. The highest BCUT2D eigenvalue weighted by Crippen LogP contribution is 2.51. The van der Waals surface area contributed by atoms with E-state index in [9.17, 15) is 9.59 Å². The smallest absolute Gasteiger partial charge is 0.147 e. The van der Waals surface area contributed by atoms with Crippen molar-refractivity contribution in [1.29, 1.82) is 0 Å². The Bertz CT molecular complexity index is 1300. The quantitative estimate of drug-likeness (QED) is 0.123. The first-order valence-corrected chi connectivity index (χ1v) is 15.5. The third-order valence-electron chi connectivity index (χ3n) is 9.59. The largest absolute Gasteiger partial charge is 0.497 e. The summed E-state index contributed by atoms with van der Waals surface area (Å²) in [4.78, 5) is 26.4. The van der Waals surface area contributed by atoms with E-state index in [-0.39, 0.29) is 25.3 Å². The maximum absolute atomic E-state index is 13.7. The minimum atomic E-state index is -0.897. The molecule has 0 saturated heterocycles. The summed E-state index contributed by atoms with van der Waals surface area (Å²) in [5.41, 5.74) is 3.49. The van der Waals surface area contributed by atoms with Gasteiger partial charge in [0.15, 0.2) is 0 Å². The van der Waals surface area contributed by atoms with Crippen LogP contribution >= 0.6 is 0 Å². The fraction of sp³-hybridized carbons (Fsp3) is 0.514. The van der Waals surface area contributed by atoms with Gasteiger partial charge in [0.25, 0.3) is 0 Å². The molecule has 44 heavy (non-hydrogen) atoms. The summed E-state index contributed by atoms with van der Waals surface area (Å²) in [5, 5.41) is 0. The Morgan fingerprint density at radius 2 is 1.68 bits per heavy atom. The number of hydrogen-bond donors (Lipinski definition) is 0. The van der Waals surface area contributed by atoms with Crippen LogP contribution < -0.4 is 4.74 Å². The summed E-state index contributed by atoms with van der Waals surface area (Å²) >= 11 is 0. The number of aldehydes is 1. The van der Waals surface area contributed by atoms with E-state index < -0.39 is 22.9 Å². The van der Waals surface area contributed by atoms with Crippen molar-refractivity contribution in [2.75, 3.05) is 27.6 Å². The molecule has 4 rings (SSSR count). The predicted molar refractivity (Wildman–Crippen MR) is 170 cm³/mol. The number of hydrogen-bond acceptors (Lipinski definition) is 7. The van der Waals surface area contributed by atoms with Gasteiger partial charge in [-0.1, -0.05) is 67.1 Å². The molecule has 7 nitrogen and oxygen atoms in total. The number of Topliss-reactive ketones (excluding diaryl/α,β-unsaturated/α-hetero) is 1. The van der Waals surface area contributed by atoms with Gasteiger partial charge in [0.2, 0.25) is 0 Å². The van der Waals surface area contributed by atoms with Gasteiger partial charge < -0.3 is 28.5 Å². The molecule has 1 saturated carbocycles. The number of rotatable bonds is 15. The van der Waals surface area contributed by atoms with E-state index >= 15 is 0 Å². The molecule has 2 aliphatic carbocycles. The molecule has 0 N–H and O–H groups in total. The van der Waals surface area contributed by atoms with Gasteiger partial charge in [0.05, 0.1) is 44.6 Å². The maximum Gasteiger partial charge on any atom is 0.147 e. The predicted octanol–water partition coefficient (Wildman–Crippen LogP) is 7.03. The molecule has 2 aromatic carbocycles. The number of ether oxygens (including phenoxy) is 5. The lowest BCUT2D eigenvalue weighted by molar-refractivity contribution is -0.142. The Morgan fingerprint density at radius 3 is 2.34 bits per heavy atom. The second-order valence-corrected chi connectivity index (χ2v) is 12.7. The number of ketones is 1. The van der Waals surface area contributed by atoms with Gasteiger partial charge in [-0.2, -0.15) is 0 Å². The Morgan fingerprint density at radius 1 is 0.977 bits per heavy atom. The first kappa shape index (κ1) is 33.8. The molecule has 2 aliphatic rings. The minimum Gasteiger partial charge on any atom is -0.497 e. The van der Waals surface area contributed by atoms with E-state index in [2.05, 4.69) is 20.4 Å². The van der Waals surface area contributed by atoms with Crippen molar-refractivity contribution in [3.8, 4) is 5.75 Å². The van der Waals surface area contributed by atoms with E-state index in [1.165, 1.54) is 0 Å². The molecule has 0 spiro atoms. The lowest BCUT2D eigenvalue weighted by Gasteiger charge is -2.49. The van der Waals surface area contributed by atoms with Crippen LogP contribution in [-0.2, 0) is 41.8 Å². The van der Waals surface area contributed by atoms with Crippen molar-refractivity contribution in [2.24, 2.45) is 16.7 Å². The normalized spacial score (nSPS) is 26.5. The summed E-state index contributed by atoms with van der Waals surface area (Å²) in [6, 6.07) is 17.8. The highest BCUT2D eigenvalue weighted by atomic mass is 16.7. The van der Waals surface area contributed by atoms with Crippen molar-refractivity contribution in [3.05, 3.63) is 89.0 Å². The van der Waals surface area contributed by atoms with Gasteiger partial charge in [-0.15, -0.1) is 0 Å². The molecule has 0 aliphatic heterocycles. The first-order valence-electron chi connectivity index (χ1n) is 15.5. The van der Waals surface area contributed by atoms with E-state index in [1.807, 2.05) is 61.5 Å². The van der Waals surface area contributed by atoms with Crippen LogP contribution in [0.25, 0.3) is 0 Å². The molecular formula is C37H48O7. The Labute approximate surface area is 262 Å². The van der Waals surface area contributed by atoms with Gasteiger partial charge in [0, 0.05) is 24.9 Å². The zero-order chi connectivity index (χ0) is 31.7. The van der Waals surface area contributed by atoms with Crippen molar-refractivity contribution in [3.63, 3.8) is 0 Å². The first-order chi connectivity index (χ1) is 21.2. The third-order valence-corrected chi connectivity index (χ3v) is 9.59. The zero-order valence-corrected chi connectivity index (χ0v) is 26.9. The molecular weight excluding hydrogens is 556 g/mol. The van der Waals surface area contributed by atoms with Crippen LogP contribution in [0.5, 0.6) is 5.75 Å². The molecule has 0 amide bonds. The second-order valence-electron chi connectivity index (χ2n) is 12.7. The maximum atomic E-state index is 13.7. The van der Waals surface area contributed by atoms with Gasteiger partial charge >= 0.3 is 0 Å². The van der Waals surface area contributed by atoms with E-state index in [0.717, 1.165) is 52.7 Å². The van der Waals surface area contributed by atoms with Crippen molar-refractivity contribution < 1.29 is 33.3 Å². The number of carbonyl (C=O) groups is 2. The topological polar surface area (TPSA) is 80.3 Å². The molecule has 7 heteroatoms. The molecule has 5 atom stereocenters. The molecule has 0 radical (unpaired) electrons. The fourth-order valence-electron chi connectivity index (χ4n) is 7.03. The number of carbonyl (C=O) groups excluding carboxylic acids is 2. The Kier molecular flexibility index (Phi) is 11.7. The molecule has 1 fully saturated rings. The Balaban J connectivity index is 1.63. The highest BCUT2D eigenvalue weighted by Gasteiger charge is 2.51. The van der Waals surface area contributed by atoms with Crippen molar-refractivity contribution in [2.45, 2.75) is 78.3 Å².